The van der Waals surface area contributed by atoms with E-state index in [2.05, 4.69) is 10.2 Å². The van der Waals surface area contributed by atoms with E-state index < -0.39 is 19.9 Å². The highest BCUT2D eigenvalue weighted by atomic mass is 32.2. The fourth-order valence-electron chi connectivity index (χ4n) is 2.55. The molecule has 20 heavy (non-hydrogen) atoms. The zero-order chi connectivity index (χ0) is 15.0. The van der Waals surface area contributed by atoms with E-state index in [1.54, 1.807) is 0 Å². The molecule has 1 aliphatic rings. The van der Waals surface area contributed by atoms with Gasteiger partial charge in [0.2, 0.25) is 10.0 Å². The summed E-state index contributed by atoms with van der Waals surface area (Å²) < 4.78 is 47.8. The lowest BCUT2D eigenvalue weighted by Crippen LogP contribution is -2.39. The van der Waals surface area contributed by atoms with Gasteiger partial charge in [-0.15, -0.1) is 0 Å². The molecule has 0 amide bonds. The maximum absolute atomic E-state index is 11.6. The van der Waals surface area contributed by atoms with Crippen molar-refractivity contribution in [2.75, 3.05) is 25.6 Å². The molecule has 0 aliphatic carbocycles. The molecule has 1 aromatic rings. The highest BCUT2D eigenvalue weighted by molar-refractivity contribution is 7.90. The van der Waals surface area contributed by atoms with Crippen LogP contribution >= 0.6 is 0 Å². The van der Waals surface area contributed by atoms with Crippen LogP contribution in [0.5, 0.6) is 0 Å². The van der Waals surface area contributed by atoms with Crippen molar-refractivity contribution in [2.45, 2.75) is 24.2 Å². The van der Waals surface area contributed by atoms with Gasteiger partial charge in [-0.05, 0) is 25.2 Å². The summed E-state index contributed by atoms with van der Waals surface area (Å²) in [5.74, 6) is 0.111. The molecule has 1 N–H and O–H groups in total. The predicted molar refractivity (Wildman–Crippen MR) is 74.5 cm³/mol. The number of sulfone groups is 1. The fourth-order valence-corrected chi connectivity index (χ4v) is 4.31. The minimum atomic E-state index is -3.31. The van der Waals surface area contributed by atoms with Crippen molar-refractivity contribution >= 4 is 19.9 Å². The zero-order valence-electron chi connectivity index (χ0n) is 11.5. The number of sulfonamides is 1. The van der Waals surface area contributed by atoms with Crippen molar-refractivity contribution in [3.63, 3.8) is 0 Å². The number of piperidine rings is 1. The van der Waals surface area contributed by atoms with E-state index in [1.165, 1.54) is 16.8 Å². The zero-order valence-corrected chi connectivity index (χ0v) is 13.2. The minimum Gasteiger partial charge on any atom is -0.281 e. The van der Waals surface area contributed by atoms with Gasteiger partial charge in [0, 0.05) is 19.3 Å². The number of H-pyrrole nitrogens is 1. The standard InChI is InChI=1S/C11H19N3O4S2/c1-19(15,16)11-7-12-13-10(11)6-9-4-3-5-14(8-9)20(2,17)18/h7,9H,3-6,8H2,1-2H3,(H,12,13)/t9-/m1/s1. The minimum absolute atomic E-state index is 0.111. The Bertz CT molecular complexity index is 678. The summed E-state index contributed by atoms with van der Waals surface area (Å²) in [5, 5.41) is 6.50. The van der Waals surface area contributed by atoms with E-state index >= 15 is 0 Å². The molecule has 114 valence electrons. The van der Waals surface area contributed by atoms with Crippen molar-refractivity contribution in [1.82, 2.24) is 14.5 Å². The van der Waals surface area contributed by atoms with E-state index in [1.807, 2.05) is 0 Å². The summed E-state index contributed by atoms with van der Waals surface area (Å²) in [6.07, 6.45) is 5.82. The van der Waals surface area contributed by atoms with Crippen molar-refractivity contribution in [3.05, 3.63) is 11.9 Å². The summed E-state index contributed by atoms with van der Waals surface area (Å²) in [4.78, 5) is 0.203. The van der Waals surface area contributed by atoms with Crippen LogP contribution in [0.15, 0.2) is 11.1 Å². The van der Waals surface area contributed by atoms with Gasteiger partial charge in [-0.25, -0.2) is 21.1 Å². The topological polar surface area (TPSA) is 100 Å². The predicted octanol–water partition coefficient (Wildman–Crippen LogP) is 0.0273. The Morgan fingerprint density at radius 3 is 2.65 bits per heavy atom. The molecule has 0 spiro atoms. The van der Waals surface area contributed by atoms with Gasteiger partial charge >= 0.3 is 0 Å². The highest BCUT2D eigenvalue weighted by Gasteiger charge is 2.27. The molecular formula is C11H19N3O4S2. The van der Waals surface area contributed by atoms with Crippen molar-refractivity contribution in [2.24, 2.45) is 5.92 Å². The second kappa shape index (κ2) is 5.45. The molecule has 1 fully saturated rings. The van der Waals surface area contributed by atoms with Gasteiger partial charge in [-0.3, -0.25) is 5.10 Å². The Morgan fingerprint density at radius 1 is 1.35 bits per heavy atom. The van der Waals surface area contributed by atoms with Crippen LogP contribution in [0.4, 0.5) is 0 Å². The van der Waals surface area contributed by atoms with E-state index in [4.69, 9.17) is 0 Å². The average Bonchev–Trinajstić information content (AvgIpc) is 2.76. The lowest BCUT2D eigenvalue weighted by atomic mass is 9.95. The van der Waals surface area contributed by atoms with Gasteiger partial charge in [-0.2, -0.15) is 5.10 Å². The lowest BCUT2D eigenvalue weighted by Gasteiger charge is -2.30. The molecular weight excluding hydrogens is 302 g/mol. The molecule has 0 saturated carbocycles. The molecule has 0 radical (unpaired) electrons. The summed E-state index contributed by atoms with van der Waals surface area (Å²) in [6, 6.07) is 0. The third-order valence-electron chi connectivity index (χ3n) is 3.52. The Morgan fingerprint density at radius 2 is 2.05 bits per heavy atom. The SMILES string of the molecule is CS(=O)(=O)c1cn[nH]c1C[C@H]1CCCN(S(C)(=O)=O)C1. The molecule has 2 heterocycles. The number of aromatic nitrogens is 2. The number of nitrogens with one attached hydrogen (secondary N) is 1. The lowest BCUT2D eigenvalue weighted by molar-refractivity contribution is 0.265. The third-order valence-corrected chi connectivity index (χ3v) is 5.94. The van der Waals surface area contributed by atoms with Crippen molar-refractivity contribution < 1.29 is 16.8 Å². The second-order valence-corrected chi connectivity index (χ2v) is 9.28. The smallest absolute Gasteiger partial charge is 0.211 e. The van der Waals surface area contributed by atoms with Gasteiger partial charge in [0.25, 0.3) is 0 Å². The van der Waals surface area contributed by atoms with Crippen molar-refractivity contribution in [1.29, 1.82) is 0 Å². The number of aromatic amines is 1. The fraction of sp³-hybridized carbons (Fsp3) is 0.727. The molecule has 9 heteroatoms. The maximum Gasteiger partial charge on any atom is 0.211 e. The van der Waals surface area contributed by atoms with Gasteiger partial charge in [-0.1, -0.05) is 0 Å². The van der Waals surface area contributed by atoms with E-state index in [0.717, 1.165) is 19.1 Å². The van der Waals surface area contributed by atoms with E-state index in [9.17, 15) is 16.8 Å². The first-order valence-corrected chi connectivity index (χ1v) is 10.1. The van der Waals surface area contributed by atoms with Crippen LogP contribution in [0, 0.1) is 5.92 Å². The first-order valence-electron chi connectivity index (χ1n) is 6.35. The number of hydrogen-bond acceptors (Lipinski definition) is 5. The first kappa shape index (κ1) is 15.5. The summed E-state index contributed by atoms with van der Waals surface area (Å²) in [6.45, 7) is 0.971. The van der Waals surface area contributed by atoms with Crippen LogP contribution in [0.25, 0.3) is 0 Å². The normalized spacial score (nSPS) is 22.0. The molecule has 1 saturated heterocycles. The first-order chi connectivity index (χ1) is 9.18. The second-order valence-electron chi connectivity index (χ2n) is 5.32. The summed E-state index contributed by atoms with van der Waals surface area (Å²) in [7, 11) is -6.50. The monoisotopic (exact) mass is 321 g/mol. The largest absolute Gasteiger partial charge is 0.281 e. The van der Waals surface area contributed by atoms with Crippen LogP contribution < -0.4 is 0 Å². The molecule has 1 aliphatic heterocycles. The quantitative estimate of drug-likeness (QED) is 0.843. The molecule has 0 unspecified atom stereocenters. The van der Waals surface area contributed by atoms with Gasteiger partial charge in [0.1, 0.15) is 4.90 Å². The summed E-state index contributed by atoms with van der Waals surface area (Å²) in [5.41, 5.74) is 0.563. The molecule has 1 aromatic heterocycles. The van der Waals surface area contributed by atoms with E-state index in [0.29, 0.717) is 25.2 Å². The van der Waals surface area contributed by atoms with Gasteiger partial charge in [0.15, 0.2) is 9.84 Å². The summed E-state index contributed by atoms with van der Waals surface area (Å²) >= 11 is 0. The number of hydrogen-bond donors (Lipinski definition) is 1. The number of nitrogens with zero attached hydrogens (tertiary/aromatic N) is 2. The molecule has 7 nitrogen and oxygen atoms in total. The Hall–Kier alpha value is -0.930. The van der Waals surface area contributed by atoms with E-state index in [-0.39, 0.29) is 10.8 Å². The molecule has 1 atom stereocenters. The Labute approximate surface area is 119 Å². The Kier molecular flexibility index (Phi) is 4.22. The van der Waals surface area contributed by atoms with Crippen LogP contribution in [0.1, 0.15) is 18.5 Å². The Balaban J connectivity index is 2.13. The van der Waals surface area contributed by atoms with Crippen LogP contribution in [0.2, 0.25) is 0 Å². The van der Waals surface area contributed by atoms with Crippen LogP contribution in [-0.4, -0.2) is 56.9 Å². The molecule has 2 rings (SSSR count). The maximum atomic E-state index is 11.6. The number of rotatable bonds is 4. The average molecular weight is 321 g/mol. The van der Waals surface area contributed by atoms with Crippen LogP contribution in [-0.2, 0) is 26.3 Å². The third kappa shape index (κ3) is 3.58. The van der Waals surface area contributed by atoms with Gasteiger partial charge < -0.3 is 0 Å². The van der Waals surface area contributed by atoms with Crippen molar-refractivity contribution in [3.8, 4) is 0 Å². The van der Waals surface area contributed by atoms with Crippen LogP contribution in [0.3, 0.4) is 0 Å². The molecule has 0 bridgehead atoms. The highest BCUT2D eigenvalue weighted by Crippen LogP contribution is 2.24. The van der Waals surface area contributed by atoms with Gasteiger partial charge in [0.05, 0.1) is 18.1 Å². The molecule has 0 aromatic carbocycles.